The first kappa shape index (κ1) is 11.7. The molecule has 1 saturated heterocycles. The molecule has 0 aliphatic carbocycles. The summed E-state index contributed by atoms with van der Waals surface area (Å²) in [5.74, 6) is 1.64. The lowest BCUT2D eigenvalue weighted by Crippen LogP contribution is -2.04. The van der Waals surface area contributed by atoms with Crippen molar-refractivity contribution in [1.82, 2.24) is 24.8 Å². The molecule has 1 unspecified atom stereocenters. The van der Waals surface area contributed by atoms with Crippen LogP contribution >= 0.6 is 11.3 Å². The van der Waals surface area contributed by atoms with Crippen LogP contribution in [-0.2, 0) is 4.74 Å². The quantitative estimate of drug-likeness (QED) is 0.765. The lowest BCUT2D eigenvalue weighted by atomic mass is 10.1. The summed E-state index contributed by atoms with van der Waals surface area (Å²) < 4.78 is 7.22. The predicted octanol–water partition coefficient (Wildman–Crippen LogP) is 1.33. The first-order valence-corrected chi connectivity index (χ1v) is 7.15. The monoisotopic (exact) mass is 288 g/mol. The van der Waals surface area contributed by atoms with E-state index in [1.807, 2.05) is 16.6 Å². The maximum Gasteiger partial charge on any atom is 0.234 e. The van der Waals surface area contributed by atoms with Gasteiger partial charge in [0.05, 0.1) is 6.61 Å². The zero-order valence-corrected chi connectivity index (χ0v) is 11.4. The summed E-state index contributed by atoms with van der Waals surface area (Å²) in [5.41, 5.74) is 6.66. The van der Waals surface area contributed by atoms with E-state index < -0.39 is 0 Å². The van der Waals surface area contributed by atoms with Crippen LogP contribution in [-0.4, -0.2) is 38.0 Å². The fraction of sp³-hybridized carbons (Fsp3) is 0.333. The molecular weight excluding hydrogens is 276 g/mol. The topological polar surface area (TPSA) is 91.2 Å². The van der Waals surface area contributed by atoms with Crippen LogP contribution in [0.15, 0.2) is 18.3 Å². The van der Waals surface area contributed by atoms with Gasteiger partial charge in [-0.05, 0) is 18.6 Å². The van der Waals surface area contributed by atoms with Crippen molar-refractivity contribution in [3.63, 3.8) is 0 Å². The van der Waals surface area contributed by atoms with Crippen LogP contribution in [0, 0.1) is 0 Å². The Hall–Kier alpha value is -2.06. The highest BCUT2D eigenvalue weighted by Gasteiger charge is 2.25. The second kappa shape index (κ2) is 4.50. The second-order valence-corrected chi connectivity index (χ2v) is 5.65. The fourth-order valence-corrected chi connectivity index (χ4v) is 3.17. The van der Waals surface area contributed by atoms with Crippen LogP contribution in [0.5, 0.6) is 0 Å². The molecule has 20 heavy (non-hydrogen) atoms. The Kier molecular flexibility index (Phi) is 2.64. The van der Waals surface area contributed by atoms with Crippen LogP contribution in [0.1, 0.15) is 18.2 Å². The van der Waals surface area contributed by atoms with Crippen molar-refractivity contribution in [1.29, 1.82) is 0 Å². The number of anilines is 1. The van der Waals surface area contributed by atoms with Gasteiger partial charge in [-0.3, -0.25) is 0 Å². The van der Waals surface area contributed by atoms with E-state index in [4.69, 9.17) is 10.5 Å². The molecule has 102 valence electrons. The third-order valence-electron chi connectivity index (χ3n) is 3.34. The number of nitrogens with zero attached hydrogens (tertiary/aromatic N) is 5. The van der Waals surface area contributed by atoms with Crippen LogP contribution in [0.4, 0.5) is 5.82 Å². The lowest BCUT2D eigenvalue weighted by molar-refractivity contribution is 0.193. The number of pyridine rings is 1. The Morgan fingerprint density at radius 3 is 3.15 bits per heavy atom. The number of hydrogen-bond donors (Lipinski definition) is 1. The van der Waals surface area contributed by atoms with Crippen LogP contribution in [0.3, 0.4) is 0 Å². The Bertz CT molecular complexity index is 760. The molecule has 8 heteroatoms. The second-order valence-electron chi connectivity index (χ2n) is 4.69. The van der Waals surface area contributed by atoms with Gasteiger partial charge in [0.25, 0.3) is 0 Å². The molecule has 1 atom stereocenters. The summed E-state index contributed by atoms with van der Waals surface area (Å²) in [6.45, 7) is 1.47. The number of fused-ring (bicyclic) bond motifs is 1. The van der Waals surface area contributed by atoms with Crippen molar-refractivity contribution in [2.24, 2.45) is 0 Å². The molecule has 0 amide bonds. The average Bonchev–Trinajstić information content (AvgIpc) is 3.14. The van der Waals surface area contributed by atoms with Gasteiger partial charge in [-0.25, -0.2) is 4.98 Å². The van der Waals surface area contributed by atoms with Crippen molar-refractivity contribution < 1.29 is 4.74 Å². The van der Waals surface area contributed by atoms with E-state index in [0.717, 1.165) is 34.4 Å². The third kappa shape index (κ3) is 1.84. The average molecular weight is 288 g/mol. The highest BCUT2D eigenvalue weighted by atomic mass is 32.1. The van der Waals surface area contributed by atoms with Gasteiger partial charge in [0.1, 0.15) is 10.8 Å². The first-order valence-electron chi connectivity index (χ1n) is 6.33. The molecule has 0 saturated carbocycles. The minimum absolute atomic E-state index is 0.280. The largest absolute Gasteiger partial charge is 0.384 e. The minimum atomic E-state index is 0.280. The molecule has 4 rings (SSSR count). The van der Waals surface area contributed by atoms with Crippen molar-refractivity contribution in [2.75, 3.05) is 18.9 Å². The summed E-state index contributed by atoms with van der Waals surface area (Å²) in [6, 6.07) is 3.70. The van der Waals surface area contributed by atoms with Gasteiger partial charge in [-0.1, -0.05) is 11.3 Å². The molecule has 4 heterocycles. The Balaban J connectivity index is 1.79. The van der Waals surface area contributed by atoms with Gasteiger partial charge >= 0.3 is 0 Å². The van der Waals surface area contributed by atoms with Gasteiger partial charge in [0.2, 0.25) is 4.96 Å². The van der Waals surface area contributed by atoms with Crippen molar-refractivity contribution in [3.05, 3.63) is 24.2 Å². The van der Waals surface area contributed by atoms with E-state index in [1.165, 1.54) is 11.3 Å². The molecule has 3 aromatic heterocycles. The summed E-state index contributed by atoms with van der Waals surface area (Å²) in [7, 11) is 0. The Morgan fingerprint density at radius 2 is 2.35 bits per heavy atom. The highest BCUT2D eigenvalue weighted by Crippen LogP contribution is 2.29. The zero-order valence-electron chi connectivity index (χ0n) is 10.6. The van der Waals surface area contributed by atoms with Crippen LogP contribution in [0.25, 0.3) is 15.5 Å². The summed E-state index contributed by atoms with van der Waals surface area (Å²) in [4.78, 5) is 4.78. The number of hydrogen-bond acceptors (Lipinski definition) is 7. The van der Waals surface area contributed by atoms with E-state index in [-0.39, 0.29) is 5.92 Å². The van der Waals surface area contributed by atoms with Crippen molar-refractivity contribution in [2.45, 2.75) is 12.3 Å². The van der Waals surface area contributed by atoms with E-state index in [9.17, 15) is 0 Å². The molecule has 0 aromatic carbocycles. The zero-order chi connectivity index (χ0) is 13.5. The molecule has 7 nitrogen and oxygen atoms in total. The predicted molar refractivity (Wildman–Crippen MR) is 74.5 cm³/mol. The third-order valence-corrected chi connectivity index (χ3v) is 4.29. The van der Waals surface area contributed by atoms with Crippen LogP contribution in [0.2, 0.25) is 0 Å². The van der Waals surface area contributed by atoms with Gasteiger partial charge in [0, 0.05) is 24.3 Å². The summed E-state index contributed by atoms with van der Waals surface area (Å²) in [5, 5.41) is 13.9. The van der Waals surface area contributed by atoms with Gasteiger partial charge in [-0.15, -0.1) is 10.2 Å². The van der Waals surface area contributed by atoms with Gasteiger partial charge < -0.3 is 10.5 Å². The number of aromatic nitrogens is 5. The van der Waals surface area contributed by atoms with E-state index >= 15 is 0 Å². The lowest BCUT2D eigenvalue weighted by Gasteiger charge is -2.01. The summed E-state index contributed by atoms with van der Waals surface area (Å²) >= 11 is 1.49. The molecule has 3 aromatic rings. The van der Waals surface area contributed by atoms with Gasteiger partial charge in [0.15, 0.2) is 5.82 Å². The Labute approximate surface area is 118 Å². The number of nitrogens with two attached hydrogens (primary N) is 1. The minimum Gasteiger partial charge on any atom is -0.384 e. The van der Waals surface area contributed by atoms with E-state index in [1.54, 1.807) is 6.20 Å². The van der Waals surface area contributed by atoms with Gasteiger partial charge in [-0.2, -0.15) is 9.61 Å². The standard InChI is InChI=1S/C12H12N6OS/c13-9-5-7(1-3-14-9)11-17-18-10(8-2-4-19-6-8)15-16-12(18)20-11/h1,3,5,8H,2,4,6H2,(H2,13,14). The maximum atomic E-state index is 5.71. The highest BCUT2D eigenvalue weighted by molar-refractivity contribution is 7.19. The van der Waals surface area contributed by atoms with E-state index in [0.29, 0.717) is 12.4 Å². The normalized spacial score (nSPS) is 18.9. The summed E-state index contributed by atoms with van der Waals surface area (Å²) in [6.07, 6.45) is 2.65. The molecular formula is C12H12N6OS. The number of nitrogen functional groups attached to an aromatic ring is 1. The molecule has 0 spiro atoms. The van der Waals surface area contributed by atoms with Crippen LogP contribution < -0.4 is 5.73 Å². The van der Waals surface area contributed by atoms with E-state index in [2.05, 4.69) is 20.3 Å². The molecule has 0 radical (unpaired) electrons. The Morgan fingerprint density at radius 1 is 1.40 bits per heavy atom. The molecule has 1 aliphatic rings. The van der Waals surface area contributed by atoms with Crippen molar-refractivity contribution in [3.8, 4) is 10.6 Å². The molecule has 1 aliphatic heterocycles. The fourth-order valence-electron chi connectivity index (χ4n) is 2.32. The smallest absolute Gasteiger partial charge is 0.234 e. The molecule has 2 N–H and O–H groups in total. The maximum absolute atomic E-state index is 5.71. The number of ether oxygens (including phenoxy) is 1. The van der Waals surface area contributed by atoms with Crippen molar-refractivity contribution >= 4 is 22.1 Å². The molecule has 1 fully saturated rings. The molecule has 0 bridgehead atoms. The number of rotatable bonds is 2. The first-order chi connectivity index (χ1) is 9.81. The SMILES string of the molecule is Nc1cc(-c2nn3c(C4CCOC4)nnc3s2)ccn1.